The van der Waals surface area contributed by atoms with Gasteiger partial charge in [0, 0.05) is 19.3 Å². The lowest BCUT2D eigenvalue weighted by atomic mass is 10.0. The van der Waals surface area contributed by atoms with Gasteiger partial charge in [0.1, 0.15) is 13.2 Å². The van der Waals surface area contributed by atoms with Gasteiger partial charge in [-0.25, -0.2) is 0 Å². The van der Waals surface area contributed by atoms with E-state index in [0.717, 1.165) is 96.3 Å². The monoisotopic (exact) mass is 1090 g/mol. The molecule has 0 rings (SSSR count). The molecule has 0 fully saturated rings. The predicted molar refractivity (Wildman–Crippen MR) is 339 cm³/mol. The zero-order chi connectivity index (χ0) is 56.4. The third-order valence-corrected chi connectivity index (χ3v) is 15.0. The van der Waals surface area contributed by atoms with Gasteiger partial charge in [-0.05, 0) is 70.6 Å². The molecule has 0 aliphatic heterocycles. The summed E-state index contributed by atoms with van der Waals surface area (Å²) in [6.45, 7) is 6.55. The van der Waals surface area contributed by atoms with Crippen molar-refractivity contribution in [3.63, 3.8) is 0 Å². The molecule has 1 unspecified atom stereocenters. The lowest BCUT2D eigenvalue weighted by Gasteiger charge is -2.18. The maximum atomic E-state index is 12.9. The van der Waals surface area contributed by atoms with Crippen LogP contribution in [0.2, 0.25) is 0 Å². The fourth-order valence-corrected chi connectivity index (χ4v) is 9.92. The van der Waals surface area contributed by atoms with E-state index >= 15 is 0 Å². The van der Waals surface area contributed by atoms with Crippen LogP contribution in [0, 0.1) is 0 Å². The Hall–Kier alpha value is -3.15. The number of unbranched alkanes of at least 4 members (excludes halogenated alkanes) is 39. The number of carbonyl (C=O) groups is 3. The molecular weight excluding hydrogens is 961 g/mol. The summed E-state index contributed by atoms with van der Waals surface area (Å²) in [6.07, 6.45) is 86.6. The molecule has 6 heteroatoms. The molecule has 0 amide bonds. The molecule has 0 aromatic heterocycles. The Balaban J connectivity index is 4.07. The third-order valence-electron chi connectivity index (χ3n) is 15.0. The molecule has 0 saturated heterocycles. The summed E-state index contributed by atoms with van der Waals surface area (Å²) in [4.78, 5) is 38.2. The standard InChI is InChI=1S/C72H128O6/c1-4-7-10-13-16-19-21-23-25-27-29-30-31-32-33-34-35-36-37-38-39-40-41-42-44-45-47-49-51-53-56-59-62-65-71(74)77-68-69(67-76-70(73)64-61-58-55-18-15-12-9-6-3)78-72(75)66-63-60-57-54-52-50-48-46-43-28-26-24-22-20-17-14-11-8-5-2/h7,10,16,19,23,25,29-30,32-33,35-36,69H,4-6,8-9,11-15,17-18,20-22,24,26-28,31,34,37-68H2,1-3H3/b10-7-,19-16-,25-23-,30-29-,33-32-,36-35-. The molecule has 0 bridgehead atoms. The van der Waals surface area contributed by atoms with E-state index in [1.807, 2.05) is 0 Å². The summed E-state index contributed by atoms with van der Waals surface area (Å²) < 4.78 is 16.9. The normalized spacial score (nSPS) is 12.5. The summed E-state index contributed by atoms with van der Waals surface area (Å²) >= 11 is 0. The lowest BCUT2D eigenvalue weighted by molar-refractivity contribution is -0.167. The second-order valence-corrected chi connectivity index (χ2v) is 22.7. The molecule has 6 nitrogen and oxygen atoms in total. The van der Waals surface area contributed by atoms with E-state index in [9.17, 15) is 14.4 Å². The van der Waals surface area contributed by atoms with Crippen molar-refractivity contribution in [2.75, 3.05) is 13.2 Å². The van der Waals surface area contributed by atoms with Crippen molar-refractivity contribution in [2.24, 2.45) is 0 Å². The van der Waals surface area contributed by atoms with Gasteiger partial charge < -0.3 is 14.2 Å². The maximum Gasteiger partial charge on any atom is 0.306 e. The van der Waals surface area contributed by atoms with Crippen LogP contribution < -0.4 is 0 Å². The highest BCUT2D eigenvalue weighted by Crippen LogP contribution is 2.18. The van der Waals surface area contributed by atoms with Crippen LogP contribution in [0.5, 0.6) is 0 Å². The van der Waals surface area contributed by atoms with Gasteiger partial charge in [-0.15, -0.1) is 0 Å². The van der Waals surface area contributed by atoms with E-state index in [-0.39, 0.29) is 31.1 Å². The molecule has 78 heavy (non-hydrogen) atoms. The maximum absolute atomic E-state index is 12.9. The van der Waals surface area contributed by atoms with Crippen LogP contribution in [-0.2, 0) is 28.6 Å². The minimum absolute atomic E-state index is 0.0691. The lowest BCUT2D eigenvalue weighted by Crippen LogP contribution is -2.30. The Labute approximate surface area is 484 Å². The fourth-order valence-electron chi connectivity index (χ4n) is 9.92. The van der Waals surface area contributed by atoms with Gasteiger partial charge in [-0.3, -0.25) is 14.4 Å². The average Bonchev–Trinajstić information content (AvgIpc) is 3.44. The topological polar surface area (TPSA) is 78.9 Å². The van der Waals surface area contributed by atoms with Crippen molar-refractivity contribution in [1.82, 2.24) is 0 Å². The van der Waals surface area contributed by atoms with E-state index in [1.54, 1.807) is 0 Å². The molecule has 0 saturated carbocycles. The van der Waals surface area contributed by atoms with Crippen LogP contribution in [-0.4, -0.2) is 37.2 Å². The van der Waals surface area contributed by atoms with Crippen molar-refractivity contribution in [3.8, 4) is 0 Å². The fraction of sp³-hybridized carbons (Fsp3) is 0.792. The zero-order valence-electron chi connectivity index (χ0n) is 51.9. The van der Waals surface area contributed by atoms with Crippen LogP contribution in [0.15, 0.2) is 72.9 Å². The van der Waals surface area contributed by atoms with Crippen LogP contribution in [0.4, 0.5) is 0 Å². The van der Waals surface area contributed by atoms with Crippen LogP contribution >= 0.6 is 0 Å². The SMILES string of the molecule is CC/C=C\C/C=C\C/C=C\C/C=C\C/C=C\C/C=C\CCCCCCCCCCCCCCCCC(=O)OCC(COC(=O)CCCCCCCCCC)OC(=O)CCCCCCCCCCCCCCCCCCCCC. The van der Waals surface area contributed by atoms with E-state index in [2.05, 4.69) is 93.7 Å². The van der Waals surface area contributed by atoms with Gasteiger partial charge in [0.2, 0.25) is 0 Å². The first kappa shape index (κ1) is 74.8. The zero-order valence-corrected chi connectivity index (χ0v) is 51.9. The van der Waals surface area contributed by atoms with Gasteiger partial charge in [0.05, 0.1) is 0 Å². The third kappa shape index (κ3) is 63.7. The highest BCUT2D eigenvalue weighted by atomic mass is 16.6. The Morgan fingerprint density at radius 3 is 0.782 bits per heavy atom. The minimum Gasteiger partial charge on any atom is -0.462 e. The van der Waals surface area contributed by atoms with Gasteiger partial charge in [0.25, 0.3) is 0 Å². The molecule has 0 N–H and O–H groups in total. The van der Waals surface area contributed by atoms with Crippen molar-refractivity contribution in [2.45, 2.75) is 354 Å². The molecular formula is C72H128O6. The second kappa shape index (κ2) is 66.4. The molecule has 0 aromatic rings. The van der Waals surface area contributed by atoms with Crippen molar-refractivity contribution in [1.29, 1.82) is 0 Å². The second-order valence-electron chi connectivity index (χ2n) is 22.7. The van der Waals surface area contributed by atoms with Crippen molar-refractivity contribution >= 4 is 17.9 Å². The summed E-state index contributed by atoms with van der Waals surface area (Å²) in [6, 6.07) is 0. The van der Waals surface area contributed by atoms with Crippen molar-refractivity contribution < 1.29 is 28.6 Å². The Bertz CT molecular complexity index is 1440. The van der Waals surface area contributed by atoms with Crippen LogP contribution in [0.1, 0.15) is 348 Å². The largest absolute Gasteiger partial charge is 0.462 e. The number of rotatable bonds is 62. The van der Waals surface area contributed by atoms with E-state index in [0.29, 0.717) is 19.3 Å². The van der Waals surface area contributed by atoms with Gasteiger partial charge in [-0.2, -0.15) is 0 Å². The number of allylic oxidation sites excluding steroid dienone is 12. The molecule has 0 aromatic carbocycles. The number of hydrogen-bond acceptors (Lipinski definition) is 6. The van der Waals surface area contributed by atoms with E-state index in [1.165, 1.54) is 212 Å². The number of hydrogen-bond donors (Lipinski definition) is 0. The van der Waals surface area contributed by atoms with Gasteiger partial charge >= 0.3 is 17.9 Å². The van der Waals surface area contributed by atoms with E-state index in [4.69, 9.17) is 14.2 Å². The molecule has 0 radical (unpaired) electrons. The van der Waals surface area contributed by atoms with Gasteiger partial charge in [-0.1, -0.05) is 331 Å². The molecule has 0 aliphatic carbocycles. The van der Waals surface area contributed by atoms with E-state index < -0.39 is 6.10 Å². The van der Waals surface area contributed by atoms with Crippen LogP contribution in [0.3, 0.4) is 0 Å². The Morgan fingerprint density at radius 1 is 0.269 bits per heavy atom. The smallest absolute Gasteiger partial charge is 0.306 e. The molecule has 452 valence electrons. The first-order valence-corrected chi connectivity index (χ1v) is 33.9. The first-order chi connectivity index (χ1) is 38.5. The summed E-state index contributed by atoms with van der Waals surface area (Å²) in [5.74, 6) is -0.854. The number of ether oxygens (including phenoxy) is 3. The summed E-state index contributed by atoms with van der Waals surface area (Å²) in [5.41, 5.74) is 0. The highest BCUT2D eigenvalue weighted by molar-refractivity contribution is 5.71. The minimum atomic E-state index is -0.770. The van der Waals surface area contributed by atoms with Crippen molar-refractivity contribution in [3.05, 3.63) is 72.9 Å². The first-order valence-electron chi connectivity index (χ1n) is 33.9. The van der Waals surface area contributed by atoms with Gasteiger partial charge in [0.15, 0.2) is 6.10 Å². The summed E-state index contributed by atoms with van der Waals surface area (Å²) in [5, 5.41) is 0. The predicted octanol–water partition coefficient (Wildman–Crippen LogP) is 23.3. The number of esters is 3. The molecule has 1 atom stereocenters. The molecule has 0 heterocycles. The van der Waals surface area contributed by atoms with Crippen LogP contribution in [0.25, 0.3) is 0 Å². The quantitative estimate of drug-likeness (QED) is 0.0261. The average molecular weight is 1090 g/mol. The summed E-state index contributed by atoms with van der Waals surface area (Å²) in [7, 11) is 0. The number of carbonyl (C=O) groups excluding carboxylic acids is 3. The molecule has 0 aliphatic rings. The molecule has 0 spiro atoms. The highest BCUT2D eigenvalue weighted by Gasteiger charge is 2.19. The Kier molecular flexibility index (Phi) is 63.7. The Morgan fingerprint density at radius 2 is 0.500 bits per heavy atom.